The summed E-state index contributed by atoms with van der Waals surface area (Å²) in [5, 5.41) is 23.1. The monoisotopic (exact) mass is 266 g/mol. The van der Waals surface area contributed by atoms with Crippen molar-refractivity contribution in [2.24, 2.45) is 0 Å². The minimum atomic E-state index is -1.17. The number of aromatic hydroxyl groups is 1. The van der Waals surface area contributed by atoms with Crippen molar-refractivity contribution in [1.29, 1.82) is 0 Å². The van der Waals surface area contributed by atoms with Gasteiger partial charge >= 0.3 is 5.97 Å². The molecule has 4 N–H and O–H groups in total. The minimum absolute atomic E-state index is 0.0553. The highest BCUT2D eigenvalue weighted by Gasteiger charge is 2.10. The van der Waals surface area contributed by atoms with Crippen molar-refractivity contribution < 1.29 is 24.6 Å². The molecule has 1 rings (SSSR count). The van der Waals surface area contributed by atoms with Crippen LogP contribution in [0.4, 0.5) is 5.69 Å². The summed E-state index contributed by atoms with van der Waals surface area (Å²) >= 11 is 0. The zero-order chi connectivity index (χ0) is 14.4. The average Bonchev–Trinajstić information content (AvgIpc) is 2.31. The van der Waals surface area contributed by atoms with Crippen LogP contribution in [0.1, 0.15) is 23.7 Å². The number of nitrogens with one attached hydrogen (secondary N) is 2. The Kier molecular flexibility index (Phi) is 4.87. The number of carbonyl (C=O) groups excluding carboxylic acids is 2. The van der Waals surface area contributed by atoms with E-state index < -0.39 is 11.9 Å². The summed E-state index contributed by atoms with van der Waals surface area (Å²) in [6.07, 6.45) is 0.0553. The number of benzene rings is 1. The standard InChI is InChI=1S/C12H14N2O5/c1-7(15)13-5-4-11(17)14-9-3-2-8(12(18)19)6-10(9)16/h2-3,6,16H,4-5H2,1H3,(H,13,15)(H,14,17)(H,18,19). The van der Waals surface area contributed by atoms with Gasteiger partial charge in [0.05, 0.1) is 11.3 Å². The molecule has 2 amide bonds. The van der Waals surface area contributed by atoms with Gasteiger partial charge in [-0.15, -0.1) is 0 Å². The molecule has 0 fully saturated rings. The molecular weight excluding hydrogens is 252 g/mol. The number of amides is 2. The van der Waals surface area contributed by atoms with E-state index in [9.17, 15) is 19.5 Å². The Hall–Kier alpha value is -2.57. The van der Waals surface area contributed by atoms with E-state index in [1.165, 1.54) is 19.1 Å². The first-order valence-corrected chi connectivity index (χ1v) is 5.50. The van der Waals surface area contributed by atoms with Crippen LogP contribution in [-0.4, -0.2) is 34.5 Å². The van der Waals surface area contributed by atoms with Crippen molar-refractivity contribution in [3.8, 4) is 5.75 Å². The van der Waals surface area contributed by atoms with E-state index in [0.717, 1.165) is 6.07 Å². The van der Waals surface area contributed by atoms with E-state index in [0.29, 0.717) is 0 Å². The third-order valence-electron chi connectivity index (χ3n) is 2.24. The molecule has 102 valence electrons. The fourth-order valence-corrected chi connectivity index (χ4v) is 1.34. The van der Waals surface area contributed by atoms with Crippen LogP contribution >= 0.6 is 0 Å². The molecule has 0 saturated carbocycles. The van der Waals surface area contributed by atoms with Crippen molar-refractivity contribution in [3.63, 3.8) is 0 Å². The SMILES string of the molecule is CC(=O)NCCC(=O)Nc1ccc(C(=O)O)cc1O. The fourth-order valence-electron chi connectivity index (χ4n) is 1.34. The Morgan fingerprint density at radius 1 is 1.26 bits per heavy atom. The molecule has 0 saturated heterocycles. The first-order chi connectivity index (χ1) is 8.90. The zero-order valence-electron chi connectivity index (χ0n) is 10.3. The van der Waals surface area contributed by atoms with Gasteiger partial charge in [0.15, 0.2) is 0 Å². The van der Waals surface area contributed by atoms with Gasteiger partial charge in [0.25, 0.3) is 0 Å². The number of rotatable bonds is 5. The molecule has 0 atom stereocenters. The Morgan fingerprint density at radius 2 is 1.95 bits per heavy atom. The Balaban J connectivity index is 2.59. The van der Waals surface area contributed by atoms with Gasteiger partial charge in [-0.3, -0.25) is 9.59 Å². The van der Waals surface area contributed by atoms with Gasteiger partial charge in [-0.2, -0.15) is 0 Å². The number of anilines is 1. The molecule has 0 aliphatic rings. The van der Waals surface area contributed by atoms with Gasteiger partial charge in [-0.25, -0.2) is 4.79 Å². The molecule has 1 aromatic carbocycles. The highest BCUT2D eigenvalue weighted by atomic mass is 16.4. The summed E-state index contributed by atoms with van der Waals surface area (Å²) in [6.45, 7) is 1.53. The summed E-state index contributed by atoms with van der Waals surface area (Å²) in [4.78, 5) is 32.7. The summed E-state index contributed by atoms with van der Waals surface area (Å²) < 4.78 is 0. The third kappa shape index (κ3) is 4.66. The van der Waals surface area contributed by atoms with E-state index in [1.54, 1.807) is 0 Å². The zero-order valence-corrected chi connectivity index (χ0v) is 10.3. The van der Waals surface area contributed by atoms with Crippen LogP contribution in [-0.2, 0) is 9.59 Å². The van der Waals surface area contributed by atoms with Crippen LogP contribution < -0.4 is 10.6 Å². The van der Waals surface area contributed by atoms with E-state index in [1.807, 2.05) is 0 Å². The second-order valence-electron chi connectivity index (χ2n) is 3.82. The largest absolute Gasteiger partial charge is 0.506 e. The Labute approximate surface area is 109 Å². The van der Waals surface area contributed by atoms with Crippen LogP contribution in [0.2, 0.25) is 0 Å². The highest BCUT2D eigenvalue weighted by Crippen LogP contribution is 2.24. The van der Waals surface area contributed by atoms with E-state index >= 15 is 0 Å². The molecule has 0 aliphatic heterocycles. The van der Waals surface area contributed by atoms with Crippen molar-refractivity contribution in [2.45, 2.75) is 13.3 Å². The van der Waals surface area contributed by atoms with Gasteiger partial charge < -0.3 is 20.8 Å². The molecule has 0 aromatic heterocycles. The maximum absolute atomic E-state index is 11.5. The van der Waals surface area contributed by atoms with E-state index in [4.69, 9.17) is 5.11 Å². The second kappa shape index (κ2) is 6.39. The topological polar surface area (TPSA) is 116 Å². The summed E-state index contributed by atoms with van der Waals surface area (Å²) in [6, 6.07) is 3.62. The van der Waals surface area contributed by atoms with Crippen molar-refractivity contribution >= 4 is 23.5 Å². The number of aromatic carboxylic acids is 1. The summed E-state index contributed by atoms with van der Waals surface area (Å²) in [5.41, 5.74) is 0.0478. The van der Waals surface area contributed by atoms with Gasteiger partial charge in [0.1, 0.15) is 5.75 Å². The lowest BCUT2D eigenvalue weighted by molar-refractivity contribution is -0.119. The van der Waals surface area contributed by atoms with E-state index in [-0.39, 0.29) is 35.9 Å². The number of hydrogen-bond acceptors (Lipinski definition) is 4. The predicted molar refractivity (Wildman–Crippen MR) is 67.0 cm³/mol. The summed E-state index contributed by atoms with van der Waals surface area (Å²) in [7, 11) is 0. The molecule has 0 heterocycles. The number of phenolic OH excluding ortho intramolecular Hbond substituents is 1. The molecule has 7 heteroatoms. The number of carboxylic acid groups (broad SMARTS) is 1. The molecule has 0 unspecified atom stereocenters. The number of carbonyl (C=O) groups is 3. The van der Waals surface area contributed by atoms with Gasteiger partial charge in [0, 0.05) is 19.9 Å². The second-order valence-corrected chi connectivity index (χ2v) is 3.82. The highest BCUT2D eigenvalue weighted by molar-refractivity contribution is 5.94. The van der Waals surface area contributed by atoms with Gasteiger partial charge in [0.2, 0.25) is 11.8 Å². The lowest BCUT2D eigenvalue weighted by Crippen LogP contribution is -2.25. The molecule has 1 aromatic rings. The smallest absolute Gasteiger partial charge is 0.335 e. The number of hydrogen-bond donors (Lipinski definition) is 4. The van der Waals surface area contributed by atoms with Crippen LogP contribution in [0.15, 0.2) is 18.2 Å². The Morgan fingerprint density at radius 3 is 2.47 bits per heavy atom. The fraction of sp³-hybridized carbons (Fsp3) is 0.250. The van der Waals surface area contributed by atoms with E-state index in [2.05, 4.69) is 10.6 Å². The first kappa shape index (κ1) is 14.5. The first-order valence-electron chi connectivity index (χ1n) is 5.50. The summed E-state index contributed by atoms with van der Waals surface area (Å²) in [5.74, 6) is -2.12. The molecule has 19 heavy (non-hydrogen) atoms. The molecule has 7 nitrogen and oxygen atoms in total. The maximum Gasteiger partial charge on any atom is 0.335 e. The predicted octanol–water partition coefficient (Wildman–Crippen LogP) is 0.555. The van der Waals surface area contributed by atoms with Crippen LogP contribution in [0.5, 0.6) is 5.75 Å². The lowest BCUT2D eigenvalue weighted by Gasteiger charge is -2.08. The van der Waals surface area contributed by atoms with Gasteiger partial charge in [-0.05, 0) is 18.2 Å². The van der Waals surface area contributed by atoms with Crippen LogP contribution in [0.3, 0.4) is 0 Å². The lowest BCUT2D eigenvalue weighted by atomic mass is 10.2. The number of phenols is 1. The maximum atomic E-state index is 11.5. The molecule has 0 radical (unpaired) electrons. The number of carboxylic acids is 1. The van der Waals surface area contributed by atoms with Crippen molar-refractivity contribution in [3.05, 3.63) is 23.8 Å². The minimum Gasteiger partial charge on any atom is -0.506 e. The normalized spacial score (nSPS) is 9.74. The molecule has 0 bridgehead atoms. The average molecular weight is 266 g/mol. The molecular formula is C12H14N2O5. The molecule has 0 spiro atoms. The van der Waals surface area contributed by atoms with Gasteiger partial charge in [-0.1, -0.05) is 0 Å². The van der Waals surface area contributed by atoms with Crippen molar-refractivity contribution in [2.75, 3.05) is 11.9 Å². The Bertz CT molecular complexity index is 513. The van der Waals surface area contributed by atoms with Crippen LogP contribution in [0, 0.1) is 0 Å². The molecule has 0 aliphatic carbocycles. The quantitative estimate of drug-likeness (QED) is 0.581. The van der Waals surface area contributed by atoms with Crippen molar-refractivity contribution in [1.82, 2.24) is 5.32 Å². The third-order valence-corrected chi connectivity index (χ3v) is 2.24. The van der Waals surface area contributed by atoms with Crippen LogP contribution in [0.25, 0.3) is 0 Å².